The molecular formula is C28H23N5O5S. The molecule has 0 saturated carbocycles. The molecule has 0 fully saturated rings. The molecule has 5 aromatic rings. The van der Waals surface area contributed by atoms with Gasteiger partial charge in [-0.1, -0.05) is 48.2 Å². The number of rotatable bonds is 9. The van der Waals surface area contributed by atoms with Gasteiger partial charge in [0.25, 0.3) is 5.91 Å². The molecule has 0 bridgehead atoms. The first-order chi connectivity index (χ1) is 19.2. The van der Waals surface area contributed by atoms with Crippen LogP contribution in [0.2, 0.25) is 0 Å². The largest absolute Gasteiger partial charge is 0.497 e. The zero-order valence-corrected chi connectivity index (χ0v) is 21.7. The van der Waals surface area contributed by atoms with E-state index in [0.29, 0.717) is 40.7 Å². The number of ether oxygens (including phenoxy) is 3. The van der Waals surface area contributed by atoms with E-state index < -0.39 is 0 Å². The molecule has 0 radical (unpaired) electrons. The number of fused-ring (bicyclic) bond motifs is 1. The summed E-state index contributed by atoms with van der Waals surface area (Å²) >= 11 is 1.41. The van der Waals surface area contributed by atoms with E-state index in [0.717, 1.165) is 22.6 Å². The summed E-state index contributed by atoms with van der Waals surface area (Å²) < 4.78 is 23.7. The number of hydrogen-bond acceptors (Lipinski definition) is 9. The maximum absolute atomic E-state index is 12.7. The van der Waals surface area contributed by atoms with E-state index in [2.05, 4.69) is 20.5 Å². The molecule has 39 heavy (non-hydrogen) atoms. The Hall–Kier alpha value is -4.77. The van der Waals surface area contributed by atoms with Gasteiger partial charge in [0.1, 0.15) is 12.0 Å². The van der Waals surface area contributed by atoms with Crippen molar-refractivity contribution in [3.8, 4) is 34.3 Å². The van der Waals surface area contributed by atoms with Crippen LogP contribution in [0.15, 0.2) is 88.6 Å². The molecule has 0 unspecified atom stereocenters. The quantitative estimate of drug-likeness (QED) is 0.261. The minimum Gasteiger partial charge on any atom is -0.497 e. The fraction of sp³-hybridized carbons (Fsp3) is 0.143. The molecule has 0 spiro atoms. The zero-order chi connectivity index (χ0) is 26.6. The molecule has 0 atom stereocenters. The van der Waals surface area contributed by atoms with Crippen LogP contribution in [0.5, 0.6) is 17.2 Å². The van der Waals surface area contributed by atoms with Gasteiger partial charge in [-0.2, -0.15) is 0 Å². The second-order valence-corrected chi connectivity index (χ2v) is 9.44. The first-order valence-electron chi connectivity index (χ1n) is 12.1. The molecule has 6 rings (SSSR count). The van der Waals surface area contributed by atoms with Gasteiger partial charge in [-0.25, -0.2) is 4.98 Å². The van der Waals surface area contributed by atoms with Gasteiger partial charge >= 0.3 is 0 Å². The third kappa shape index (κ3) is 5.30. The highest BCUT2D eigenvalue weighted by atomic mass is 32.2. The number of hydrogen-bond donors (Lipinski definition) is 1. The molecule has 0 aliphatic carbocycles. The summed E-state index contributed by atoms with van der Waals surface area (Å²) in [5.74, 6) is 3.20. The van der Waals surface area contributed by atoms with Crippen molar-refractivity contribution in [2.24, 2.45) is 0 Å². The minimum atomic E-state index is -0.333. The molecule has 1 N–H and O–H groups in total. The number of methoxy groups -OCH3 is 1. The third-order valence-electron chi connectivity index (χ3n) is 5.97. The zero-order valence-electron chi connectivity index (χ0n) is 20.9. The van der Waals surface area contributed by atoms with Gasteiger partial charge in [0, 0.05) is 17.8 Å². The van der Waals surface area contributed by atoms with E-state index in [9.17, 15) is 4.79 Å². The Balaban J connectivity index is 1.15. The number of thioether (sulfide) groups is 1. The van der Waals surface area contributed by atoms with Crippen LogP contribution in [0.25, 0.3) is 17.1 Å². The molecule has 3 heterocycles. The summed E-state index contributed by atoms with van der Waals surface area (Å²) in [6.45, 7) is 0.522. The van der Waals surface area contributed by atoms with Crippen molar-refractivity contribution in [1.29, 1.82) is 0 Å². The Morgan fingerprint density at radius 1 is 1.03 bits per heavy atom. The average Bonchev–Trinajstić information content (AvgIpc) is 3.74. The number of carbonyl (C=O) groups is 1. The minimum absolute atomic E-state index is 0.202. The number of amides is 1. The van der Waals surface area contributed by atoms with Crippen LogP contribution in [-0.4, -0.2) is 39.6 Å². The average molecular weight is 542 g/mol. The predicted octanol–water partition coefficient (Wildman–Crippen LogP) is 4.88. The van der Waals surface area contributed by atoms with Gasteiger partial charge < -0.3 is 23.9 Å². The van der Waals surface area contributed by atoms with Crippen molar-refractivity contribution < 1.29 is 23.4 Å². The van der Waals surface area contributed by atoms with Gasteiger partial charge in [-0.15, -0.1) is 10.2 Å². The first-order valence-corrected chi connectivity index (χ1v) is 13.1. The molecule has 196 valence electrons. The summed E-state index contributed by atoms with van der Waals surface area (Å²) in [4.78, 5) is 17.0. The van der Waals surface area contributed by atoms with E-state index in [4.69, 9.17) is 18.6 Å². The standard InChI is InChI=1S/C28H23N5O5S/c1-35-21-9-5-6-19(13-21)26-31-32-28(33(26)20-7-3-2-4-8-20)39-16-25-30-22(15-36-25)27(34)29-14-18-10-11-23-24(12-18)38-17-37-23/h2-13,15H,14,16-17H2,1H3,(H,29,34). The monoisotopic (exact) mass is 541 g/mol. The maximum Gasteiger partial charge on any atom is 0.273 e. The molecular weight excluding hydrogens is 518 g/mol. The summed E-state index contributed by atoms with van der Waals surface area (Å²) in [5, 5.41) is 12.4. The molecule has 1 aliphatic heterocycles. The van der Waals surface area contributed by atoms with Crippen molar-refractivity contribution >= 4 is 17.7 Å². The van der Waals surface area contributed by atoms with E-state index in [1.807, 2.05) is 77.4 Å². The number of nitrogens with zero attached hydrogens (tertiary/aromatic N) is 4. The second kappa shape index (κ2) is 10.9. The van der Waals surface area contributed by atoms with Crippen LogP contribution in [0.4, 0.5) is 0 Å². The Morgan fingerprint density at radius 3 is 2.77 bits per heavy atom. The predicted molar refractivity (Wildman–Crippen MR) is 143 cm³/mol. The number of para-hydroxylation sites is 1. The summed E-state index contributed by atoms with van der Waals surface area (Å²) in [7, 11) is 1.63. The molecule has 3 aromatic carbocycles. The summed E-state index contributed by atoms with van der Waals surface area (Å²) in [5.41, 5.74) is 2.88. The first kappa shape index (κ1) is 24.6. The molecule has 1 amide bonds. The second-order valence-electron chi connectivity index (χ2n) is 8.49. The highest BCUT2D eigenvalue weighted by Crippen LogP contribution is 2.33. The van der Waals surface area contributed by atoms with Crippen LogP contribution in [0.3, 0.4) is 0 Å². The third-order valence-corrected chi connectivity index (χ3v) is 6.89. The lowest BCUT2D eigenvalue weighted by Crippen LogP contribution is -2.23. The molecule has 10 nitrogen and oxygen atoms in total. The van der Waals surface area contributed by atoms with Crippen LogP contribution < -0.4 is 19.5 Å². The van der Waals surface area contributed by atoms with Crippen molar-refractivity contribution in [2.45, 2.75) is 17.5 Å². The summed E-state index contributed by atoms with van der Waals surface area (Å²) in [6.07, 6.45) is 1.36. The van der Waals surface area contributed by atoms with E-state index >= 15 is 0 Å². The molecule has 11 heteroatoms. The molecule has 2 aromatic heterocycles. The number of benzene rings is 3. The molecule has 0 saturated heterocycles. The van der Waals surface area contributed by atoms with Gasteiger partial charge in [0.2, 0.25) is 12.7 Å². The lowest BCUT2D eigenvalue weighted by atomic mass is 10.2. The number of aromatic nitrogens is 4. The van der Waals surface area contributed by atoms with E-state index in [-0.39, 0.29) is 18.4 Å². The highest BCUT2D eigenvalue weighted by Gasteiger charge is 2.19. The fourth-order valence-corrected chi connectivity index (χ4v) is 4.86. The number of oxazole rings is 1. The highest BCUT2D eigenvalue weighted by molar-refractivity contribution is 7.98. The Kier molecular flexibility index (Phi) is 6.88. The lowest BCUT2D eigenvalue weighted by Gasteiger charge is -2.10. The van der Waals surface area contributed by atoms with Gasteiger partial charge in [0.05, 0.1) is 12.9 Å². The Bertz CT molecular complexity index is 1620. The van der Waals surface area contributed by atoms with Crippen LogP contribution >= 0.6 is 11.8 Å². The van der Waals surface area contributed by atoms with Gasteiger partial charge in [0.15, 0.2) is 28.2 Å². The topological polar surface area (TPSA) is 114 Å². The Morgan fingerprint density at radius 2 is 1.90 bits per heavy atom. The maximum atomic E-state index is 12.7. The van der Waals surface area contributed by atoms with Gasteiger partial charge in [-0.3, -0.25) is 9.36 Å². The van der Waals surface area contributed by atoms with Crippen LogP contribution in [0, 0.1) is 0 Å². The Labute approximate surface area is 227 Å². The van der Waals surface area contributed by atoms with Crippen LogP contribution in [0.1, 0.15) is 21.9 Å². The lowest BCUT2D eigenvalue weighted by molar-refractivity contribution is 0.0945. The SMILES string of the molecule is COc1cccc(-c2nnc(SCc3nc(C(=O)NCc4ccc5c(c4)OCO5)co3)n2-c2ccccc2)c1. The fourth-order valence-electron chi connectivity index (χ4n) is 4.05. The van der Waals surface area contributed by atoms with Gasteiger partial charge in [-0.05, 0) is 42.0 Å². The van der Waals surface area contributed by atoms with Crippen molar-refractivity contribution in [3.05, 3.63) is 96.2 Å². The van der Waals surface area contributed by atoms with E-state index in [1.54, 1.807) is 7.11 Å². The smallest absolute Gasteiger partial charge is 0.273 e. The molecule has 1 aliphatic rings. The van der Waals surface area contributed by atoms with Crippen molar-refractivity contribution in [2.75, 3.05) is 13.9 Å². The van der Waals surface area contributed by atoms with Crippen molar-refractivity contribution in [3.63, 3.8) is 0 Å². The van der Waals surface area contributed by atoms with Crippen LogP contribution in [-0.2, 0) is 12.3 Å². The number of carbonyl (C=O) groups excluding carboxylic acids is 1. The summed E-state index contributed by atoms with van der Waals surface area (Å²) in [6, 6.07) is 23.1. The normalized spacial score (nSPS) is 11.9. The van der Waals surface area contributed by atoms with Crippen molar-refractivity contribution in [1.82, 2.24) is 25.1 Å². The van der Waals surface area contributed by atoms with E-state index in [1.165, 1.54) is 18.0 Å². The number of nitrogens with one attached hydrogen (secondary N) is 1.